The number of hydrogen-bond acceptors (Lipinski definition) is 5. The lowest BCUT2D eigenvalue weighted by atomic mass is 10.0. The molecule has 2 aliphatic rings. The average Bonchev–Trinajstić information content (AvgIpc) is 3.29. The van der Waals surface area contributed by atoms with Crippen molar-refractivity contribution in [3.05, 3.63) is 66.2 Å². The Hall–Kier alpha value is -3.68. The highest BCUT2D eigenvalue weighted by molar-refractivity contribution is 6.39. The molecule has 8 heteroatoms. The maximum atomic E-state index is 13.3. The molecule has 0 radical (unpaired) electrons. The van der Waals surface area contributed by atoms with Crippen LogP contribution in [0.15, 0.2) is 65.8 Å². The molecular formula is C25H29N5O3. The lowest BCUT2D eigenvalue weighted by Crippen LogP contribution is -2.55. The van der Waals surface area contributed by atoms with Crippen molar-refractivity contribution in [3.8, 4) is 0 Å². The minimum Gasteiger partial charge on any atom is -0.346 e. The predicted molar refractivity (Wildman–Crippen MR) is 127 cm³/mol. The van der Waals surface area contributed by atoms with Gasteiger partial charge in [-0.25, -0.2) is 0 Å². The first kappa shape index (κ1) is 22.5. The van der Waals surface area contributed by atoms with E-state index in [1.807, 2.05) is 67.4 Å². The van der Waals surface area contributed by atoms with Gasteiger partial charge < -0.3 is 15.1 Å². The molecule has 0 saturated carbocycles. The van der Waals surface area contributed by atoms with Crippen LogP contribution in [0.2, 0.25) is 0 Å². The molecule has 8 nitrogen and oxygen atoms in total. The molecule has 3 amide bonds. The lowest BCUT2D eigenvalue weighted by molar-refractivity contribution is -0.148. The largest absolute Gasteiger partial charge is 0.346 e. The molecule has 0 aliphatic carbocycles. The summed E-state index contributed by atoms with van der Waals surface area (Å²) in [5.41, 5.74) is 2.53. The SMILES string of the molecule is CC(C)NC(=O)C(=O)N1CCN(C(=O)C2=NN(c3ccccc3)C(c3ccccc3)C2)CC1. The Bertz CT molecular complexity index is 1030. The van der Waals surface area contributed by atoms with E-state index < -0.39 is 11.8 Å². The van der Waals surface area contributed by atoms with Crippen LogP contribution in [0.5, 0.6) is 0 Å². The molecule has 0 bridgehead atoms. The number of carbonyl (C=O) groups excluding carboxylic acids is 3. The maximum absolute atomic E-state index is 13.3. The van der Waals surface area contributed by atoms with Crippen molar-refractivity contribution >= 4 is 29.1 Å². The first-order valence-electron chi connectivity index (χ1n) is 11.3. The summed E-state index contributed by atoms with van der Waals surface area (Å²) in [6.07, 6.45) is 0.508. The van der Waals surface area contributed by atoms with Gasteiger partial charge in [0.1, 0.15) is 5.71 Å². The molecule has 1 N–H and O–H groups in total. The number of benzene rings is 2. The highest BCUT2D eigenvalue weighted by Gasteiger charge is 2.36. The highest BCUT2D eigenvalue weighted by atomic mass is 16.2. The van der Waals surface area contributed by atoms with Crippen LogP contribution in [0.3, 0.4) is 0 Å². The zero-order valence-electron chi connectivity index (χ0n) is 19.0. The third-order valence-corrected chi connectivity index (χ3v) is 5.83. The molecule has 2 aromatic rings. The Morgan fingerprint density at radius 1 is 0.879 bits per heavy atom. The van der Waals surface area contributed by atoms with Gasteiger partial charge >= 0.3 is 11.8 Å². The summed E-state index contributed by atoms with van der Waals surface area (Å²) >= 11 is 0. The number of nitrogens with zero attached hydrogens (tertiary/aromatic N) is 4. The van der Waals surface area contributed by atoms with Gasteiger partial charge in [-0.15, -0.1) is 0 Å². The molecule has 2 heterocycles. The predicted octanol–water partition coefficient (Wildman–Crippen LogP) is 2.19. The smallest absolute Gasteiger partial charge is 0.312 e. The molecule has 1 unspecified atom stereocenters. The molecular weight excluding hydrogens is 418 g/mol. The maximum Gasteiger partial charge on any atom is 0.312 e. The second kappa shape index (κ2) is 9.85. The van der Waals surface area contributed by atoms with Crippen molar-refractivity contribution in [2.75, 3.05) is 31.2 Å². The third-order valence-electron chi connectivity index (χ3n) is 5.83. The van der Waals surface area contributed by atoms with Crippen LogP contribution in [-0.2, 0) is 14.4 Å². The topological polar surface area (TPSA) is 85.3 Å². The van der Waals surface area contributed by atoms with Crippen LogP contribution in [0, 0.1) is 0 Å². The molecule has 2 aromatic carbocycles. The Balaban J connectivity index is 1.45. The summed E-state index contributed by atoms with van der Waals surface area (Å²) in [7, 11) is 0. The van der Waals surface area contributed by atoms with Gasteiger partial charge in [0.25, 0.3) is 5.91 Å². The second-order valence-electron chi connectivity index (χ2n) is 8.57. The van der Waals surface area contributed by atoms with E-state index in [0.29, 0.717) is 38.3 Å². The fourth-order valence-electron chi connectivity index (χ4n) is 4.16. The minimum absolute atomic E-state index is 0.0600. The van der Waals surface area contributed by atoms with Gasteiger partial charge in [-0.3, -0.25) is 19.4 Å². The van der Waals surface area contributed by atoms with Crippen LogP contribution in [0.1, 0.15) is 31.9 Å². The molecule has 4 rings (SSSR count). The standard InChI is InChI=1S/C25H29N5O3/c1-18(2)26-23(31)25(33)29-15-13-28(14-16-29)24(32)21-17-22(19-9-5-3-6-10-19)30(27-21)20-11-7-4-8-12-20/h3-12,18,22H,13-17H2,1-2H3,(H,26,31). The summed E-state index contributed by atoms with van der Waals surface area (Å²) in [4.78, 5) is 40.9. The van der Waals surface area contributed by atoms with E-state index >= 15 is 0 Å². The van der Waals surface area contributed by atoms with E-state index in [1.165, 1.54) is 4.90 Å². The van der Waals surface area contributed by atoms with Crippen LogP contribution < -0.4 is 10.3 Å². The molecule has 33 heavy (non-hydrogen) atoms. The van der Waals surface area contributed by atoms with E-state index in [0.717, 1.165) is 11.3 Å². The lowest BCUT2D eigenvalue weighted by Gasteiger charge is -2.34. The summed E-state index contributed by atoms with van der Waals surface area (Å²) in [5, 5.41) is 9.26. The van der Waals surface area contributed by atoms with Gasteiger partial charge in [0, 0.05) is 38.6 Å². The van der Waals surface area contributed by atoms with Gasteiger partial charge in [0.2, 0.25) is 0 Å². The summed E-state index contributed by atoms with van der Waals surface area (Å²) in [5.74, 6) is -1.27. The van der Waals surface area contributed by atoms with E-state index in [4.69, 9.17) is 5.10 Å². The number of hydrazone groups is 1. The molecule has 172 valence electrons. The van der Waals surface area contributed by atoms with Crippen LogP contribution >= 0.6 is 0 Å². The first-order valence-corrected chi connectivity index (χ1v) is 11.3. The quantitative estimate of drug-likeness (QED) is 0.728. The molecule has 2 aliphatic heterocycles. The highest BCUT2D eigenvalue weighted by Crippen LogP contribution is 2.35. The van der Waals surface area contributed by atoms with Crippen molar-refractivity contribution in [2.24, 2.45) is 5.10 Å². The minimum atomic E-state index is -0.603. The van der Waals surface area contributed by atoms with E-state index in [1.54, 1.807) is 4.90 Å². The van der Waals surface area contributed by atoms with Crippen molar-refractivity contribution in [3.63, 3.8) is 0 Å². The van der Waals surface area contributed by atoms with E-state index in [9.17, 15) is 14.4 Å². The Kier molecular flexibility index (Phi) is 6.72. The number of nitrogens with one attached hydrogen (secondary N) is 1. The Morgan fingerprint density at radius 2 is 1.45 bits per heavy atom. The Labute approximate surface area is 193 Å². The summed E-state index contributed by atoms with van der Waals surface area (Å²) in [6.45, 7) is 5.03. The number of anilines is 1. The molecule has 1 fully saturated rings. The fourth-order valence-corrected chi connectivity index (χ4v) is 4.16. The average molecular weight is 448 g/mol. The molecule has 1 atom stereocenters. The van der Waals surface area contributed by atoms with Gasteiger partial charge in [0.15, 0.2) is 0 Å². The second-order valence-corrected chi connectivity index (χ2v) is 8.57. The molecule has 0 aromatic heterocycles. The summed E-state index contributed by atoms with van der Waals surface area (Å²) in [6, 6.07) is 19.7. The fraction of sp³-hybridized carbons (Fsp3) is 0.360. The monoisotopic (exact) mass is 447 g/mol. The van der Waals surface area contributed by atoms with E-state index in [2.05, 4.69) is 17.4 Å². The molecule has 1 saturated heterocycles. The first-order chi connectivity index (χ1) is 15.9. The van der Waals surface area contributed by atoms with Crippen molar-refractivity contribution < 1.29 is 14.4 Å². The van der Waals surface area contributed by atoms with Gasteiger partial charge in [-0.2, -0.15) is 5.10 Å². The van der Waals surface area contributed by atoms with Crippen LogP contribution in [0.4, 0.5) is 5.69 Å². The van der Waals surface area contributed by atoms with Gasteiger partial charge in [-0.05, 0) is 31.5 Å². The number of amides is 3. The zero-order valence-corrected chi connectivity index (χ0v) is 19.0. The summed E-state index contributed by atoms with van der Waals surface area (Å²) < 4.78 is 0. The number of para-hydroxylation sites is 1. The number of rotatable bonds is 4. The zero-order chi connectivity index (χ0) is 23.4. The number of piperazine rings is 1. The van der Waals surface area contributed by atoms with Crippen molar-refractivity contribution in [2.45, 2.75) is 32.4 Å². The van der Waals surface area contributed by atoms with E-state index in [-0.39, 0.29) is 18.0 Å². The number of hydrogen-bond donors (Lipinski definition) is 1. The van der Waals surface area contributed by atoms with Crippen LogP contribution in [-0.4, -0.2) is 65.5 Å². The van der Waals surface area contributed by atoms with Crippen LogP contribution in [0.25, 0.3) is 0 Å². The third kappa shape index (κ3) is 5.05. The number of carbonyl (C=O) groups is 3. The van der Waals surface area contributed by atoms with Gasteiger partial charge in [0.05, 0.1) is 11.7 Å². The van der Waals surface area contributed by atoms with Crippen molar-refractivity contribution in [1.29, 1.82) is 0 Å². The van der Waals surface area contributed by atoms with Gasteiger partial charge in [-0.1, -0.05) is 48.5 Å². The normalized spacial score (nSPS) is 18.3. The van der Waals surface area contributed by atoms with Crippen molar-refractivity contribution in [1.82, 2.24) is 15.1 Å². The Morgan fingerprint density at radius 3 is 2.06 bits per heavy atom. The molecule has 0 spiro atoms.